The normalized spacial score (nSPS) is 22.9. The van der Waals surface area contributed by atoms with E-state index in [2.05, 4.69) is 52.4 Å². The van der Waals surface area contributed by atoms with Crippen LogP contribution in [0.2, 0.25) is 5.28 Å². The Morgan fingerprint density at radius 2 is 1.85 bits per heavy atom. The SMILES string of the molecule is CCN(CC)c1nc(Cl)nc(N2CCC(C)C(C)C2)n1. The van der Waals surface area contributed by atoms with Gasteiger partial charge < -0.3 is 9.80 Å². The van der Waals surface area contributed by atoms with Crippen LogP contribution in [0.1, 0.15) is 34.1 Å². The Labute approximate surface area is 126 Å². The molecule has 2 unspecified atom stereocenters. The molecule has 1 fully saturated rings. The molecule has 2 rings (SSSR count). The number of piperidine rings is 1. The Balaban J connectivity index is 2.23. The second-order valence-electron chi connectivity index (χ2n) is 5.57. The fourth-order valence-corrected chi connectivity index (χ4v) is 2.71. The number of rotatable bonds is 4. The van der Waals surface area contributed by atoms with Crippen LogP contribution in [0, 0.1) is 11.8 Å². The van der Waals surface area contributed by atoms with Crippen molar-refractivity contribution in [3.8, 4) is 0 Å². The Kier molecular flexibility index (Phi) is 5.02. The zero-order valence-electron chi connectivity index (χ0n) is 12.8. The van der Waals surface area contributed by atoms with E-state index in [1.165, 1.54) is 6.42 Å². The number of hydrogen-bond donors (Lipinski definition) is 0. The lowest BCUT2D eigenvalue weighted by Crippen LogP contribution is -2.39. The van der Waals surface area contributed by atoms with E-state index >= 15 is 0 Å². The van der Waals surface area contributed by atoms with Crippen molar-refractivity contribution in [1.29, 1.82) is 0 Å². The Morgan fingerprint density at radius 1 is 1.15 bits per heavy atom. The minimum absolute atomic E-state index is 0.281. The van der Waals surface area contributed by atoms with Gasteiger partial charge in [-0.15, -0.1) is 0 Å². The Bertz CT molecular complexity index is 449. The van der Waals surface area contributed by atoms with Gasteiger partial charge in [-0.25, -0.2) is 0 Å². The van der Waals surface area contributed by atoms with Crippen LogP contribution in [0.15, 0.2) is 0 Å². The van der Waals surface area contributed by atoms with Gasteiger partial charge in [0.15, 0.2) is 0 Å². The standard InChI is InChI=1S/C14H24ClN5/c1-5-19(6-2)13-16-12(15)17-14(18-13)20-8-7-10(3)11(4)9-20/h10-11H,5-9H2,1-4H3. The molecular formula is C14H24ClN5. The molecule has 2 heterocycles. The first-order valence-electron chi connectivity index (χ1n) is 7.46. The largest absolute Gasteiger partial charge is 0.341 e. The first-order chi connectivity index (χ1) is 9.55. The second kappa shape index (κ2) is 6.57. The van der Waals surface area contributed by atoms with Gasteiger partial charge in [0.25, 0.3) is 0 Å². The molecule has 20 heavy (non-hydrogen) atoms. The van der Waals surface area contributed by atoms with Gasteiger partial charge in [0.05, 0.1) is 0 Å². The molecule has 0 saturated carbocycles. The predicted molar refractivity (Wildman–Crippen MR) is 83.6 cm³/mol. The van der Waals surface area contributed by atoms with E-state index in [1.807, 2.05) is 0 Å². The molecule has 0 radical (unpaired) electrons. The molecule has 0 N–H and O–H groups in total. The maximum Gasteiger partial charge on any atom is 0.231 e. The summed E-state index contributed by atoms with van der Waals surface area (Å²) in [5.74, 6) is 2.80. The molecule has 0 aliphatic carbocycles. The summed E-state index contributed by atoms with van der Waals surface area (Å²) in [4.78, 5) is 17.5. The lowest BCUT2D eigenvalue weighted by molar-refractivity contribution is 0.321. The minimum atomic E-state index is 0.281. The quantitative estimate of drug-likeness (QED) is 0.855. The molecular weight excluding hydrogens is 274 g/mol. The van der Waals surface area contributed by atoms with Crippen molar-refractivity contribution in [3.05, 3.63) is 5.28 Å². The van der Waals surface area contributed by atoms with E-state index < -0.39 is 0 Å². The van der Waals surface area contributed by atoms with E-state index in [4.69, 9.17) is 11.6 Å². The number of hydrogen-bond acceptors (Lipinski definition) is 5. The van der Waals surface area contributed by atoms with Crippen LogP contribution in [-0.4, -0.2) is 41.1 Å². The average molecular weight is 298 g/mol. The summed E-state index contributed by atoms with van der Waals surface area (Å²) in [6.45, 7) is 12.5. The summed E-state index contributed by atoms with van der Waals surface area (Å²) in [5, 5.41) is 0.281. The molecule has 1 aromatic heterocycles. The molecule has 1 aromatic rings. The lowest BCUT2D eigenvalue weighted by Gasteiger charge is -2.35. The highest BCUT2D eigenvalue weighted by molar-refractivity contribution is 6.28. The zero-order chi connectivity index (χ0) is 14.7. The Morgan fingerprint density at radius 3 is 2.45 bits per heavy atom. The minimum Gasteiger partial charge on any atom is -0.341 e. The number of anilines is 2. The first kappa shape index (κ1) is 15.3. The molecule has 2 atom stereocenters. The van der Waals surface area contributed by atoms with Gasteiger partial charge in [0.2, 0.25) is 17.2 Å². The molecule has 0 amide bonds. The highest BCUT2D eigenvalue weighted by Gasteiger charge is 2.25. The van der Waals surface area contributed by atoms with Crippen LogP contribution in [0.25, 0.3) is 0 Å². The molecule has 5 nitrogen and oxygen atoms in total. The maximum absolute atomic E-state index is 6.08. The molecule has 0 aromatic carbocycles. The van der Waals surface area contributed by atoms with Crippen LogP contribution >= 0.6 is 11.6 Å². The summed E-state index contributed by atoms with van der Waals surface area (Å²) >= 11 is 6.08. The second-order valence-corrected chi connectivity index (χ2v) is 5.90. The van der Waals surface area contributed by atoms with E-state index in [-0.39, 0.29) is 5.28 Å². The molecule has 112 valence electrons. The number of halogens is 1. The fraction of sp³-hybridized carbons (Fsp3) is 0.786. The third-order valence-corrected chi connectivity index (χ3v) is 4.42. The van der Waals surface area contributed by atoms with E-state index in [9.17, 15) is 0 Å². The maximum atomic E-state index is 6.08. The van der Waals surface area contributed by atoms with Gasteiger partial charge in [-0.3, -0.25) is 0 Å². The molecule has 6 heteroatoms. The first-order valence-corrected chi connectivity index (χ1v) is 7.84. The molecule has 0 bridgehead atoms. The average Bonchev–Trinajstić information content (AvgIpc) is 2.42. The van der Waals surface area contributed by atoms with Crippen molar-refractivity contribution in [1.82, 2.24) is 15.0 Å². The summed E-state index contributed by atoms with van der Waals surface area (Å²) in [5.41, 5.74) is 0. The van der Waals surface area contributed by atoms with Crippen LogP contribution in [0.5, 0.6) is 0 Å². The van der Waals surface area contributed by atoms with Crippen LogP contribution in [0.3, 0.4) is 0 Å². The van der Waals surface area contributed by atoms with Crippen LogP contribution in [0.4, 0.5) is 11.9 Å². The van der Waals surface area contributed by atoms with Gasteiger partial charge in [0, 0.05) is 26.2 Å². The van der Waals surface area contributed by atoms with Gasteiger partial charge in [-0.1, -0.05) is 13.8 Å². The summed E-state index contributed by atoms with van der Waals surface area (Å²) in [6, 6.07) is 0. The smallest absolute Gasteiger partial charge is 0.231 e. The van der Waals surface area contributed by atoms with Crippen molar-refractivity contribution < 1.29 is 0 Å². The van der Waals surface area contributed by atoms with Crippen molar-refractivity contribution >= 4 is 23.5 Å². The molecule has 1 saturated heterocycles. The number of nitrogens with zero attached hydrogens (tertiary/aromatic N) is 5. The summed E-state index contributed by atoms with van der Waals surface area (Å²) < 4.78 is 0. The van der Waals surface area contributed by atoms with Gasteiger partial charge in [-0.05, 0) is 43.7 Å². The molecule has 1 aliphatic heterocycles. The topological polar surface area (TPSA) is 45.2 Å². The Hall–Kier alpha value is -1.10. The van der Waals surface area contributed by atoms with Crippen molar-refractivity contribution in [3.63, 3.8) is 0 Å². The lowest BCUT2D eigenvalue weighted by atomic mass is 9.89. The van der Waals surface area contributed by atoms with Crippen molar-refractivity contribution in [2.75, 3.05) is 36.0 Å². The van der Waals surface area contributed by atoms with Crippen molar-refractivity contribution in [2.45, 2.75) is 34.1 Å². The van der Waals surface area contributed by atoms with E-state index in [0.29, 0.717) is 17.8 Å². The summed E-state index contributed by atoms with van der Waals surface area (Å²) in [6.07, 6.45) is 1.17. The van der Waals surface area contributed by atoms with Gasteiger partial charge >= 0.3 is 0 Å². The highest BCUT2D eigenvalue weighted by Crippen LogP contribution is 2.26. The zero-order valence-corrected chi connectivity index (χ0v) is 13.6. The van der Waals surface area contributed by atoms with Gasteiger partial charge in [-0.2, -0.15) is 15.0 Å². The predicted octanol–water partition coefficient (Wildman–Crippen LogP) is 2.85. The monoisotopic (exact) mass is 297 g/mol. The summed E-state index contributed by atoms with van der Waals surface area (Å²) in [7, 11) is 0. The molecule has 1 aliphatic rings. The highest BCUT2D eigenvalue weighted by atomic mass is 35.5. The molecule has 0 spiro atoms. The number of aromatic nitrogens is 3. The van der Waals surface area contributed by atoms with Gasteiger partial charge in [0.1, 0.15) is 0 Å². The third kappa shape index (κ3) is 3.32. The van der Waals surface area contributed by atoms with E-state index in [1.54, 1.807) is 0 Å². The van der Waals surface area contributed by atoms with Crippen LogP contribution in [-0.2, 0) is 0 Å². The fourth-order valence-electron chi connectivity index (χ4n) is 2.56. The van der Waals surface area contributed by atoms with Crippen LogP contribution < -0.4 is 9.80 Å². The third-order valence-electron chi connectivity index (χ3n) is 4.25. The van der Waals surface area contributed by atoms with E-state index in [0.717, 1.165) is 32.1 Å². The van der Waals surface area contributed by atoms with Crippen molar-refractivity contribution in [2.24, 2.45) is 11.8 Å².